The van der Waals surface area contributed by atoms with Crippen LogP contribution in [0.4, 0.5) is 0 Å². The van der Waals surface area contributed by atoms with E-state index in [9.17, 15) is 13.2 Å². The van der Waals surface area contributed by atoms with Crippen LogP contribution < -0.4 is 5.32 Å². The predicted molar refractivity (Wildman–Crippen MR) is 72.2 cm³/mol. The van der Waals surface area contributed by atoms with Crippen molar-refractivity contribution in [3.05, 3.63) is 0 Å². The normalized spacial score (nSPS) is 19.8. The minimum atomic E-state index is -3.29. The van der Waals surface area contributed by atoms with E-state index in [0.717, 1.165) is 32.1 Å². The summed E-state index contributed by atoms with van der Waals surface area (Å²) in [5.74, 6) is -0.258. The highest BCUT2D eigenvalue weighted by atomic mass is 32.2. The Bertz CT molecular complexity index is 373. The van der Waals surface area contributed by atoms with Gasteiger partial charge in [0, 0.05) is 25.4 Å². The molecular formula is C12H24N2O3S. The number of piperidine rings is 1. The smallest absolute Gasteiger partial charge is 0.240 e. The van der Waals surface area contributed by atoms with Gasteiger partial charge in [-0.05, 0) is 32.7 Å². The van der Waals surface area contributed by atoms with Crippen LogP contribution in [-0.4, -0.2) is 56.4 Å². The van der Waals surface area contributed by atoms with Gasteiger partial charge in [0.2, 0.25) is 5.91 Å². The van der Waals surface area contributed by atoms with Crippen molar-refractivity contribution in [2.24, 2.45) is 0 Å². The molecule has 0 aromatic carbocycles. The zero-order valence-corrected chi connectivity index (χ0v) is 12.3. The molecule has 1 heterocycles. The van der Waals surface area contributed by atoms with Gasteiger partial charge in [-0.1, -0.05) is 6.92 Å². The van der Waals surface area contributed by atoms with Gasteiger partial charge in [-0.15, -0.1) is 0 Å². The van der Waals surface area contributed by atoms with E-state index in [0.29, 0.717) is 19.1 Å². The third-order valence-corrected chi connectivity index (χ3v) is 4.97. The Morgan fingerprint density at radius 1 is 1.39 bits per heavy atom. The van der Waals surface area contributed by atoms with Crippen LogP contribution in [0.25, 0.3) is 0 Å². The minimum absolute atomic E-state index is 0.258. The molecule has 18 heavy (non-hydrogen) atoms. The largest absolute Gasteiger partial charge is 0.341 e. The molecule has 0 aliphatic carbocycles. The molecule has 1 atom stereocenters. The van der Waals surface area contributed by atoms with Gasteiger partial charge in [-0.2, -0.15) is 0 Å². The Hall–Kier alpha value is -0.620. The van der Waals surface area contributed by atoms with E-state index in [4.69, 9.17) is 0 Å². The maximum atomic E-state index is 12.0. The van der Waals surface area contributed by atoms with Gasteiger partial charge in [0.25, 0.3) is 0 Å². The molecule has 0 radical (unpaired) electrons. The van der Waals surface area contributed by atoms with Gasteiger partial charge in [0.05, 0.1) is 0 Å². The van der Waals surface area contributed by atoms with Crippen molar-refractivity contribution in [2.45, 2.75) is 44.4 Å². The van der Waals surface area contributed by atoms with Crippen molar-refractivity contribution >= 4 is 15.7 Å². The van der Waals surface area contributed by atoms with Crippen LogP contribution in [0.1, 0.15) is 33.1 Å². The highest BCUT2D eigenvalue weighted by Crippen LogP contribution is 2.13. The molecule has 1 rings (SSSR count). The quantitative estimate of drug-likeness (QED) is 0.790. The number of carbonyl (C=O) groups is 1. The summed E-state index contributed by atoms with van der Waals surface area (Å²) in [6.45, 7) is 5.90. The average Bonchev–Trinajstić information content (AvgIpc) is 2.34. The zero-order valence-electron chi connectivity index (χ0n) is 11.5. The zero-order chi connectivity index (χ0) is 13.8. The van der Waals surface area contributed by atoms with Crippen LogP contribution in [-0.2, 0) is 14.6 Å². The second kappa shape index (κ2) is 6.52. The van der Waals surface area contributed by atoms with Gasteiger partial charge in [0.1, 0.15) is 5.25 Å². The molecular weight excluding hydrogens is 252 g/mol. The number of likely N-dealkylation sites (tertiary alicyclic amines) is 1. The first kappa shape index (κ1) is 15.4. The third kappa shape index (κ3) is 4.24. The molecule has 0 spiro atoms. The number of hydrogen-bond acceptors (Lipinski definition) is 4. The molecule has 1 aliphatic heterocycles. The molecule has 106 valence electrons. The van der Waals surface area contributed by atoms with Crippen LogP contribution in [0.2, 0.25) is 0 Å². The van der Waals surface area contributed by atoms with Crippen LogP contribution in [0.5, 0.6) is 0 Å². The van der Waals surface area contributed by atoms with E-state index in [1.807, 2.05) is 0 Å². The number of nitrogens with zero attached hydrogens (tertiary/aromatic N) is 1. The molecule has 1 N–H and O–H groups in total. The van der Waals surface area contributed by atoms with Crippen molar-refractivity contribution in [3.8, 4) is 0 Å². The van der Waals surface area contributed by atoms with E-state index in [-0.39, 0.29) is 5.91 Å². The first-order valence-electron chi connectivity index (χ1n) is 6.57. The second-order valence-corrected chi connectivity index (χ2v) is 7.39. The first-order chi connectivity index (χ1) is 8.36. The summed E-state index contributed by atoms with van der Waals surface area (Å²) >= 11 is 0. The molecule has 0 saturated carbocycles. The van der Waals surface area contributed by atoms with E-state index in [1.165, 1.54) is 6.92 Å². The molecule has 0 aromatic rings. The summed E-state index contributed by atoms with van der Waals surface area (Å²) in [6, 6.07) is 0.461. The van der Waals surface area contributed by atoms with Gasteiger partial charge in [-0.3, -0.25) is 4.79 Å². The predicted octanol–water partition coefficient (Wildman–Crippen LogP) is 0.410. The molecule has 1 unspecified atom stereocenters. The number of hydrogen-bond donors (Lipinski definition) is 1. The van der Waals surface area contributed by atoms with Crippen LogP contribution in [0, 0.1) is 0 Å². The third-order valence-electron chi connectivity index (χ3n) is 3.48. The fraction of sp³-hybridized carbons (Fsp3) is 0.917. The standard InChI is InChI=1S/C12H24N2O3S/c1-4-7-13-11-5-8-14(9-6-11)12(15)10(2)18(3,16)17/h10-11,13H,4-9H2,1-3H3. The topological polar surface area (TPSA) is 66.5 Å². The van der Waals surface area contributed by atoms with E-state index >= 15 is 0 Å². The van der Waals surface area contributed by atoms with Crippen LogP contribution in [0.15, 0.2) is 0 Å². The molecule has 1 amide bonds. The van der Waals surface area contributed by atoms with Crippen molar-refractivity contribution in [1.29, 1.82) is 0 Å². The number of sulfone groups is 1. The Kier molecular flexibility index (Phi) is 5.59. The van der Waals surface area contributed by atoms with E-state index < -0.39 is 15.1 Å². The number of carbonyl (C=O) groups excluding carboxylic acids is 1. The fourth-order valence-corrected chi connectivity index (χ4v) is 2.61. The molecule has 0 bridgehead atoms. The van der Waals surface area contributed by atoms with Gasteiger partial charge in [-0.25, -0.2) is 8.42 Å². The van der Waals surface area contributed by atoms with Gasteiger partial charge in [0.15, 0.2) is 9.84 Å². The van der Waals surface area contributed by atoms with Crippen molar-refractivity contribution < 1.29 is 13.2 Å². The summed E-state index contributed by atoms with van der Waals surface area (Å²) < 4.78 is 22.7. The van der Waals surface area contributed by atoms with E-state index in [2.05, 4.69) is 12.2 Å². The molecule has 1 aliphatic rings. The molecule has 1 saturated heterocycles. The van der Waals surface area contributed by atoms with Crippen LogP contribution in [0.3, 0.4) is 0 Å². The maximum Gasteiger partial charge on any atom is 0.240 e. The summed E-state index contributed by atoms with van der Waals surface area (Å²) in [5, 5.41) is 2.52. The minimum Gasteiger partial charge on any atom is -0.341 e. The Morgan fingerprint density at radius 3 is 2.39 bits per heavy atom. The van der Waals surface area contributed by atoms with Crippen molar-refractivity contribution in [2.75, 3.05) is 25.9 Å². The van der Waals surface area contributed by atoms with Crippen molar-refractivity contribution in [1.82, 2.24) is 10.2 Å². The Morgan fingerprint density at radius 2 is 1.94 bits per heavy atom. The number of nitrogens with one attached hydrogen (secondary N) is 1. The molecule has 1 fully saturated rings. The SMILES string of the molecule is CCCNC1CCN(C(=O)C(C)S(C)(=O)=O)CC1. The highest BCUT2D eigenvalue weighted by Gasteiger charge is 2.30. The molecule has 5 nitrogen and oxygen atoms in total. The second-order valence-electron chi connectivity index (χ2n) is 5.03. The first-order valence-corrected chi connectivity index (χ1v) is 8.52. The van der Waals surface area contributed by atoms with Gasteiger partial charge < -0.3 is 10.2 Å². The average molecular weight is 276 g/mol. The van der Waals surface area contributed by atoms with Crippen LogP contribution >= 0.6 is 0 Å². The highest BCUT2D eigenvalue weighted by molar-refractivity contribution is 7.92. The summed E-state index contributed by atoms with van der Waals surface area (Å²) in [6.07, 6.45) is 4.03. The lowest BCUT2D eigenvalue weighted by atomic mass is 10.0. The molecule has 0 aromatic heterocycles. The summed E-state index contributed by atoms with van der Waals surface area (Å²) in [5.41, 5.74) is 0. The summed E-state index contributed by atoms with van der Waals surface area (Å²) in [7, 11) is -3.29. The Balaban J connectivity index is 2.45. The lowest BCUT2D eigenvalue weighted by Crippen LogP contribution is -2.48. The lowest BCUT2D eigenvalue weighted by Gasteiger charge is -2.33. The van der Waals surface area contributed by atoms with Crippen molar-refractivity contribution in [3.63, 3.8) is 0 Å². The Labute approximate surface area is 110 Å². The monoisotopic (exact) mass is 276 g/mol. The summed E-state index contributed by atoms with van der Waals surface area (Å²) in [4.78, 5) is 13.7. The maximum absolute atomic E-state index is 12.0. The number of rotatable bonds is 5. The van der Waals surface area contributed by atoms with E-state index in [1.54, 1.807) is 4.90 Å². The lowest BCUT2D eigenvalue weighted by molar-refractivity contribution is -0.131. The molecule has 6 heteroatoms. The fourth-order valence-electron chi connectivity index (χ4n) is 2.09. The number of amides is 1. The van der Waals surface area contributed by atoms with Gasteiger partial charge >= 0.3 is 0 Å².